The summed E-state index contributed by atoms with van der Waals surface area (Å²) in [6.45, 7) is 0. The molecule has 0 aliphatic rings. The lowest BCUT2D eigenvalue weighted by Crippen LogP contribution is -2.30. The first kappa shape index (κ1) is 35.0. The van der Waals surface area contributed by atoms with Gasteiger partial charge in [-0.15, -0.1) is 11.8 Å². The third-order valence-electron chi connectivity index (χ3n) is 7.35. The zero-order valence-electron chi connectivity index (χ0n) is 27.1. The molecule has 252 valence electrons. The number of amides is 3. The minimum atomic E-state index is -1.05. The van der Waals surface area contributed by atoms with Gasteiger partial charge in [0.1, 0.15) is 10.9 Å². The van der Waals surface area contributed by atoms with Gasteiger partial charge in [0, 0.05) is 21.8 Å². The Bertz CT molecular complexity index is 2000. The highest BCUT2D eigenvalue weighted by Gasteiger charge is 2.23. The van der Waals surface area contributed by atoms with E-state index in [-0.39, 0.29) is 17.2 Å². The topological polar surface area (TPSA) is 143 Å². The first-order chi connectivity index (χ1) is 24.2. The minimum absolute atomic E-state index is 0.00160. The van der Waals surface area contributed by atoms with E-state index >= 15 is 0 Å². The van der Waals surface area contributed by atoms with E-state index in [4.69, 9.17) is 9.47 Å². The standard InChI is InChI=1S/C39H33N3O7S/c1-48-33-22-13-25(24-34(33)49-2)23-32(42-36(43)27-11-7-4-8-12-27)37(44)40-30-18-20-31(21-19-30)50-35(26-9-5-3-6-10-26)38(45)41-29-16-14-28(15-17-29)39(46)47/h3-24,35H,1-2H3,(H,40,44)(H,41,45)(H,42,43)(H,46,47)/b32-23-. The lowest BCUT2D eigenvalue weighted by atomic mass is 10.1. The SMILES string of the molecule is COc1ccc(/C=C(\NC(=O)c2ccccc2)C(=O)Nc2ccc(SC(C(=O)Nc3ccc(C(=O)O)cc3)c3ccccc3)cc2)cc1OC. The summed E-state index contributed by atoms with van der Waals surface area (Å²) in [5.74, 6) is -1.38. The fraction of sp³-hybridized carbons (Fsp3) is 0.0769. The van der Waals surface area contributed by atoms with Crippen molar-refractivity contribution in [2.75, 3.05) is 24.9 Å². The molecule has 1 atom stereocenters. The van der Waals surface area contributed by atoms with Crippen molar-refractivity contribution in [3.63, 3.8) is 0 Å². The van der Waals surface area contributed by atoms with Crippen LogP contribution in [0.1, 0.15) is 37.1 Å². The maximum Gasteiger partial charge on any atom is 0.335 e. The Balaban J connectivity index is 1.34. The second-order valence-electron chi connectivity index (χ2n) is 10.8. The Morgan fingerprint density at radius 3 is 1.90 bits per heavy atom. The fourth-order valence-electron chi connectivity index (χ4n) is 4.81. The molecule has 5 aromatic carbocycles. The number of carboxylic acids is 1. The van der Waals surface area contributed by atoms with Crippen molar-refractivity contribution >= 4 is 52.9 Å². The Morgan fingerprint density at radius 2 is 1.28 bits per heavy atom. The predicted molar refractivity (Wildman–Crippen MR) is 194 cm³/mol. The zero-order valence-corrected chi connectivity index (χ0v) is 27.9. The highest BCUT2D eigenvalue weighted by molar-refractivity contribution is 8.00. The quantitative estimate of drug-likeness (QED) is 0.0747. The van der Waals surface area contributed by atoms with E-state index in [0.717, 1.165) is 10.5 Å². The molecular formula is C39H33N3O7S. The van der Waals surface area contributed by atoms with Gasteiger partial charge in [0.25, 0.3) is 11.8 Å². The van der Waals surface area contributed by atoms with Crippen LogP contribution in [0.4, 0.5) is 11.4 Å². The van der Waals surface area contributed by atoms with Crippen LogP contribution in [0.15, 0.2) is 138 Å². The molecule has 5 rings (SSSR count). The number of methoxy groups -OCH3 is 2. The van der Waals surface area contributed by atoms with Gasteiger partial charge in [0.2, 0.25) is 5.91 Å². The summed E-state index contributed by atoms with van der Waals surface area (Å²) in [5, 5.41) is 17.0. The molecule has 50 heavy (non-hydrogen) atoms. The number of carboxylic acid groups (broad SMARTS) is 1. The average molecular weight is 688 g/mol. The number of nitrogens with one attached hydrogen (secondary N) is 3. The fourth-order valence-corrected chi connectivity index (χ4v) is 5.83. The van der Waals surface area contributed by atoms with Crippen molar-refractivity contribution in [2.24, 2.45) is 0 Å². The highest BCUT2D eigenvalue weighted by Crippen LogP contribution is 2.37. The van der Waals surface area contributed by atoms with Crippen LogP contribution in [-0.2, 0) is 9.59 Å². The summed E-state index contributed by atoms with van der Waals surface area (Å²) >= 11 is 1.32. The molecule has 0 bridgehead atoms. The van der Waals surface area contributed by atoms with Gasteiger partial charge in [-0.05, 0) is 90.0 Å². The zero-order chi connectivity index (χ0) is 35.5. The first-order valence-corrected chi connectivity index (χ1v) is 16.2. The largest absolute Gasteiger partial charge is 0.493 e. The van der Waals surface area contributed by atoms with Crippen LogP contribution < -0.4 is 25.4 Å². The summed E-state index contributed by atoms with van der Waals surface area (Å²) in [7, 11) is 3.03. The second kappa shape index (κ2) is 16.7. The Hall–Kier alpha value is -6.33. The molecule has 10 nitrogen and oxygen atoms in total. The highest BCUT2D eigenvalue weighted by atomic mass is 32.2. The van der Waals surface area contributed by atoms with Crippen LogP contribution >= 0.6 is 11.8 Å². The molecule has 1 unspecified atom stereocenters. The molecule has 0 aliphatic heterocycles. The van der Waals surface area contributed by atoms with Crippen LogP contribution in [0.3, 0.4) is 0 Å². The number of anilines is 2. The number of benzene rings is 5. The smallest absolute Gasteiger partial charge is 0.335 e. The lowest BCUT2D eigenvalue weighted by Gasteiger charge is -2.18. The van der Waals surface area contributed by atoms with E-state index in [1.165, 1.54) is 38.1 Å². The van der Waals surface area contributed by atoms with E-state index in [1.807, 2.05) is 30.3 Å². The Kier molecular flexibility index (Phi) is 11.7. The van der Waals surface area contributed by atoms with Crippen LogP contribution in [-0.4, -0.2) is 43.0 Å². The van der Waals surface area contributed by atoms with Crippen LogP contribution in [0, 0.1) is 0 Å². The van der Waals surface area contributed by atoms with E-state index in [9.17, 15) is 24.3 Å². The van der Waals surface area contributed by atoms with Crippen molar-refractivity contribution in [2.45, 2.75) is 10.1 Å². The number of hydrogen-bond donors (Lipinski definition) is 4. The number of thioether (sulfide) groups is 1. The average Bonchev–Trinajstić information content (AvgIpc) is 3.15. The maximum absolute atomic E-state index is 13.6. The normalized spacial score (nSPS) is 11.5. The van der Waals surface area contributed by atoms with Gasteiger partial charge in [-0.3, -0.25) is 14.4 Å². The predicted octanol–water partition coefficient (Wildman–Crippen LogP) is 7.28. The molecule has 5 aromatic rings. The van der Waals surface area contributed by atoms with Crippen LogP contribution in [0.5, 0.6) is 11.5 Å². The lowest BCUT2D eigenvalue weighted by molar-refractivity contribution is -0.116. The van der Waals surface area contributed by atoms with E-state index < -0.39 is 23.0 Å². The van der Waals surface area contributed by atoms with Gasteiger partial charge >= 0.3 is 5.97 Å². The third-order valence-corrected chi connectivity index (χ3v) is 8.62. The molecule has 3 amide bonds. The van der Waals surface area contributed by atoms with Gasteiger partial charge in [0.05, 0.1) is 19.8 Å². The van der Waals surface area contributed by atoms with Crippen molar-refractivity contribution in [3.8, 4) is 11.5 Å². The molecule has 0 saturated carbocycles. The number of rotatable bonds is 13. The molecule has 0 aromatic heterocycles. The molecule has 11 heteroatoms. The Labute approximate surface area is 293 Å². The molecule has 0 saturated heterocycles. The van der Waals surface area contributed by atoms with Crippen molar-refractivity contribution < 1.29 is 33.8 Å². The molecule has 0 heterocycles. The maximum atomic E-state index is 13.6. The summed E-state index contributed by atoms with van der Waals surface area (Å²) in [4.78, 5) is 52.1. The van der Waals surface area contributed by atoms with Gasteiger partial charge in [-0.1, -0.05) is 54.6 Å². The van der Waals surface area contributed by atoms with E-state index in [0.29, 0.717) is 34.0 Å². The van der Waals surface area contributed by atoms with Gasteiger partial charge in [-0.25, -0.2) is 4.79 Å². The second-order valence-corrected chi connectivity index (χ2v) is 11.9. The van der Waals surface area contributed by atoms with Crippen molar-refractivity contribution in [1.82, 2.24) is 5.32 Å². The molecule has 0 fully saturated rings. The number of carbonyl (C=O) groups excluding carboxylic acids is 3. The molecule has 4 N–H and O–H groups in total. The molecule has 0 radical (unpaired) electrons. The molecule has 0 spiro atoms. The molecule has 0 aliphatic carbocycles. The number of ether oxygens (including phenoxy) is 2. The number of aromatic carboxylic acids is 1. The third kappa shape index (κ3) is 9.18. The van der Waals surface area contributed by atoms with E-state index in [2.05, 4.69) is 16.0 Å². The minimum Gasteiger partial charge on any atom is -0.493 e. The van der Waals surface area contributed by atoms with Gasteiger partial charge in [-0.2, -0.15) is 0 Å². The van der Waals surface area contributed by atoms with Gasteiger partial charge < -0.3 is 30.5 Å². The number of hydrogen-bond acceptors (Lipinski definition) is 7. The van der Waals surface area contributed by atoms with Crippen LogP contribution in [0.2, 0.25) is 0 Å². The van der Waals surface area contributed by atoms with Crippen molar-refractivity contribution in [1.29, 1.82) is 0 Å². The number of carbonyl (C=O) groups is 4. The summed E-state index contributed by atoms with van der Waals surface area (Å²) in [6.07, 6.45) is 1.54. The summed E-state index contributed by atoms with van der Waals surface area (Å²) in [5.41, 5.74) is 2.80. The molecular weight excluding hydrogens is 655 g/mol. The Morgan fingerprint density at radius 1 is 0.680 bits per heavy atom. The summed E-state index contributed by atoms with van der Waals surface area (Å²) < 4.78 is 10.7. The van der Waals surface area contributed by atoms with Crippen molar-refractivity contribution in [3.05, 3.63) is 155 Å². The van der Waals surface area contributed by atoms with Gasteiger partial charge in [0.15, 0.2) is 11.5 Å². The monoisotopic (exact) mass is 687 g/mol. The van der Waals surface area contributed by atoms with Crippen LogP contribution in [0.25, 0.3) is 6.08 Å². The summed E-state index contributed by atoms with van der Waals surface area (Å²) in [6, 6.07) is 35.9. The van der Waals surface area contributed by atoms with E-state index in [1.54, 1.807) is 91.0 Å². The first-order valence-electron chi connectivity index (χ1n) is 15.3.